The van der Waals surface area contributed by atoms with Gasteiger partial charge in [-0.05, 0) is 23.2 Å². The third-order valence-corrected chi connectivity index (χ3v) is 5.36. The first kappa shape index (κ1) is 21.0. The molecular weight excluding hydrogens is 428 g/mol. The first-order chi connectivity index (χ1) is 14.9. The summed E-state index contributed by atoms with van der Waals surface area (Å²) in [5.41, 5.74) is 1.28. The Morgan fingerprint density at radius 3 is 2.68 bits per heavy atom. The minimum absolute atomic E-state index is 0.0118. The van der Waals surface area contributed by atoms with Crippen molar-refractivity contribution in [3.8, 4) is 0 Å². The van der Waals surface area contributed by atoms with E-state index >= 15 is 0 Å². The monoisotopic (exact) mass is 445 g/mol. The number of benzene rings is 2. The Morgan fingerprint density at radius 1 is 1.16 bits per heavy atom. The van der Waals surface area contributed by atoms with Gasteiger partial charge in [0.15, 0.2) is 0 Å². The molecule has 0 unspecified atom stereocenters. The van der Waals surface area contributed by atoms with Crippen molar-refractivity contribution in [3.05, 3.63) is 98.2 Å². The maximum atomic E-state index is 14.0. The average molecular weight is 446 g/mol. The number of aromatic nitrogens is 2. The first-order valence-electron chi connectivity index (χ1n) is 9.60. The lowest BCUT2D eigenvalue weighted by atomic mass is 10.1. The average Bonchev–Trinajstić information content (AvgIpc) is 2.77. The second-order valence-electron chi connectivity index (χ2n) is 7.14. The number of nitrogens with zero attached hydrogens (tertiary/aromatic N) is 3. The molecule has 9 heteroatoms. The highest BCUT2D eigenvalue weighted by Crippen LogP contribution is 2.19. The van der Waals surface area contributed by atoms with E-state index in [1.54, 1.807) is 0 Å². The van der Waals surface area contributed by atoms with Gasteiger partial charge in [0, 0.05) is 24.6 Å². The van der Waals surface area contributed by atoms with Gasteiger partial charge < -0.3 is 9.64 Å². The van der Waals surface area contributed by atoms with Crippen LogP contribution in [-0.2, 0) is 30.9 Å². The third-order valence-electron chi connectivity index (χ3n) is 5.08. The van der Waals surface area contributed by atoms with Gasteiger partial charge in [-0.2, -0.15) is 0 Å². The second-order valence-corrected chi connectivity index (χ2v) is 7.48. The molecule has 3 aromatic rings. The summed E-state index contributed by atoms with van der Waals surface area (Å²) >= 11 is 6.17. The topological polar surface area (TPSA) is 64.4 Å². The van der Waals surface area contributed by atoms with Crippen LogP contribution in [0, 0.1) is 11.6 Å². The van der Waals surface area contributed by atoms with Crippen LogP contribution in [-0.4, -0.2) is 27.1 Å². The molecule has 0 fully saturated rings. The van der Waals surface area contributed by atoms with Crippen molar-refractivity contribution in [1.82, 2.24) is 14.5 Å². The molecule has 1 aliphatic heterocycles. The normalized spacial score (nSPS) is 13.1. The predicted octanol–water partition coefficient (Wildman–Crippen LogP) is 3.92. The lowest BCUT2D eigenvalue weighted by molar-refractivity contribution is 0.0913. The Bertz CT molecular complexity index is 1180. The van der Waals surface area contributed by atoms with Gasteiger partial charge in [0.25, 0.3) is 5.56 Å². The van der Waals surface area contributed by atoms with Gasteiger partial charge in [-0.15, -0.1) is 0 Å². The molecule has 0 saturated heterocycles. The van der Waals surface area contributed by atoms with Crippen LogP contribution in [0.1, 0.15) is 22.4 Å². The van der Waals surface area contributed by atoms with Crippen molar-refractivity contribution in [2.45, 2.75) is 26.1 Å². The molecule has 0 N–H and O–H groups in total. The van der Waals surface area contributed by atoms with Crippen molar-refractivity contribution >= 4 is 17.7 Å². The van der Waals surface area contributed by atoms with Crippen LogP contribution in [0.15, 0.2) is 53.3 Å². The molecule has 4 rings (SSSR count). The first-order valence-corrected chi connectivity index (χ1v) is 9.98. The minimum Gasteiger partial charge on any atom is -0.445 e. The highest BCUT2D eigenvalue weighted by molar-refractivity contribution is 6.28. The molecule has 1 aliphatic rings. The summed E-state index contributed by atoms with van der Waals surface area (Å²) < 4.78 is 33.7. The van der Waals surface area contributed by atoms with Gasteiger partial charge in [0.2, 0.25) is 5.28 Å². The molecule has 31 heavy (non-hydrogen) atoms. The van der Waals surface area contributed by atoms with E-state index in [1.165, 1.54) is 11.0 Å². The molecule has 2 heterocycles. The zero-order valence-corrected chi connectivity index (χ0v) is 17.1. The van der Waals surface area contributed by atoms with Crippen LogP contribution in [0.25, 0.3) is 0 Å². The third kappa shape index (κ3) is 4.59. The Kier molecular flexibility index (Phi) is 5.99. The van der Waals surface area contributed by atoms with Gasteiger partial charge in [-0.1, -0.05) is 36.4 Å². The van der Waals surface area contributed by atoms with Crippen molar-refractivity contribution in [2.75, 3.05) is 6.54 Å². The molecule has 1 aromatic heterocycles. The molecule has 0 saturated carbocycles. The number of amides is 1. The molecule has 1 amide bonds. The SMILES string of the molecule is O=C(OCc1ccccc1)N1CCc2nc(Cl)n(Cc3ccc(F)cc3F)c(=O)c2C1. The number of hydrogen-bond donors (Lipinski definition) is 0. The van der Waals surface area contributed by atoms with Crippen molar-refractivity contribution in [1.29, 1.82) is 0 Å². The molecule has 160 valence electrons. The van der Waals surface area contributed by atoms with Crippen molar-refractivity contribution < 1.29 is 18.3 Å². The zero-order valence-electron chi connectivity index (χ0n) is 16.4. The van der Waals surface area contributed by atoms with Gasteiger partial charge in [0.1, 0.15) is 18.2 Å². The summed E-state index contributed by atoms with van der Waals surface area (Å²) in [6.07, 6.45) is -0.198. The van der Waals surface area contributed by atoms with E-state index in [9.17, 15) is 18.4 Å². The van der Waals surface area contributed by atoms with E-state index in [4.69, 9.17) is 16.3 Å². The Balaban J connectivity index is 1.53. The lowest BCUT2D eigenvalue weighted by Crippen LogP contribution is -2.41. The summed E-state index contributed by atoms with van der Waals surface area (Å²) in [5, 5.41) is -0.0902. The van der Waals surface area contributed by atoms with Gasteiger partial charge >= 0.3 is 6.09 Å². The highest BCUT2D eigenvalue weighted by atomic mass is 35.5. The predicted molar refractivity (Wildman–Crippen MR) is 110 cm³/mol. The number of ether oxygens (including phenoxy) is 1. The molecule has 0 bridgehead atoms. The Hall–Kier alpha value is -3.26. The van der Waals surface area contributed by atoms with E-state index in [0.717, 1.165) is 22.3 Å². The molecule has 0 radical (unpaired) electrons. The zero-order chi connectivity index (χ0) is 22.0. The second kappa shape index (κ2) is 8.85. The number of rotatable bonds is 4. The van der Waals surface area contributed by atoms with Crippen LogP contribution < -0.4 is 5.56 Å². The van der Waals surface area contributed by atoms with Crippen molar-refractivity contribution in [2.24, 2.45) is 0 Å². The van der Waals surface area contributed by atoms with Crippen LogP contribution in [0.2, 0.25) is 5.28 Å². The fourth-order valence-corrected chi connectivity index (χ4v) is 3.65. The fourth-order valence-electron chi connectivity index (χ4n) is 3.41. The van der Waals surface area contributed by atoms with Crippen LogP contribution >= 0.6 is 11.6 Å². The molecule has 6 nitrogen and oxygen atoms in total. The summed E-state index contributed by atoms with van der Waals surface area (Å²) in [6, 6.07) is 12.4. The highest BCUT2D eigenvalue weighted by Gasteiger charge is 2.27. The van der Waals surface area contributed by atoms with E-state index in [1.807, 2.05) is 30.3 Å². The van der Waals surface area contributed by atoms with Crippen LogP contribution in [0.3, 0.4) is 0 Å². The maximum Gasteiger partial charge on any atom is 0.410 e. The van der Waals surface area contributed by atoms with Crippen LogP contribution in [0.5, 0.6) is 0 Å². The largest absolute Gasteiger partial charge is 0.445 e. The van der Waals surface area contributed by atoms with Gasteiger partial charge in [-0.3, -0.25) is 9.36 Å². The maximum absolute atomic E-state index is 14.0. The van der Waals surface area contributed by atoms with E-state index in [2.05, 4.69) is 4.98 Å². The van der Waals surface area contributed by atoms with E-state index < -0.39 is 23.3 Å². The lowest BCUT2D eigenvalue weighted by Gasteiger charge is -2.27. The van der Waals surface area contributed by atoms with Gasteiger partial charge in [0.05, 0.1) is 24.3 Å². The number of carbonyl (C=O) groups is 1. The molecule has 0 aliphatic carbocycles. The molecule has 0 spiro atoms. The number of hydrogen-bond acceptors (Lipinski definition) is 4. The molecule has 2 aromatic carbocycles. The summed E-state index contributed by atoms with van der Waals surface area (Å²) in [4.78, 5) is 31.2. The smallest absolute Gasteiger partial charge is 0.410 e. The Morgan fingerprint density at radius 2 is 1.94 bits per heavy atom. The van der Waals surface area contributed by atoms with E-state index in [0.29, 0.717) is 24.2 Å². The summed E-state index contributed by atoms with van der Waals surface area (Å²) in [5.74, 6) is -1.50. The van der Waals surface area contributed by atoms with Gasteiger partial charge in [-0.25, -0.2) is 18.6 Å². The fraction of sp³-hybridized carbons (Fsp3) is 0.227. The quantitative estimate of drug-likeness (QED) is 0.571. The number of fused-ring (bicyclic) bond motifs is 1. The molecular formula is C22H18ClF2N3O3. The Labute approximate surface area is 181 Å². The summed E-state index contributed by atoms with van der Waals surface area (Å²) in [7, 11) is 0. The standard InChI is InChI=1S/C22H18ClF2N3O3/c23-21-26-19-8-9-27(22(30)31-13-14-4-2-1-3-5-14)12-17(19)20(29)28(21)11-15-6-7-16(24)10-18(15)25/h1-7,10H,8-9,11-13H2. The summed E-state index contributed by atoms with van der Waals surface area (Å²) in [6.45, 7) is 0.260. The van der Waals surface area contributed by atoms with Crippen LogP contribution in [0.4, 0.5) is 13.6 Å². The van der Waals surface area contributed by atoms with Crippen molar-refractivity contribution in [3.63, 3.8) is 0 Å². The minimum atomic E-state index is -0.785. The number of halogens is 3. The van der Waals surface area contributed by atoms with E-state index in [-0.39, 0.29) is 30.5 Å². The molecule has 0 atom stereocenters. The number of carbonyl (C=O) groups excluding carboxylic acids is 1.